The zero-order chi connectivity index (χ0) is 48.9. The van der Waals surface area contributed by atoms with Gasteiger partial charge in [0.1, 0.15) is 43.2 Å². The Kier molecular flexibility index (Phi) is 31.5. The van der Waals surface area contributed by atoms with Gasteiger partial charge in [-0.1, -0.05) is 89.9 Å². The second-order valence-electron chi connectivity index (χ2n) is 13.8. The highest BCUT2D eigenvalue weighted by Crippen LogP contribution is 2.53. The Hall–Kier alpha value is -3.38. The first-order valence-corrected chi connectivity index (χ1v) is 26.1. The van der Waals surface area contributed by atoms with Crippen LogP contribution in [0.15, 0.2) is 0 Å². The third-order valence-corrected chi connectivity index (χ3v) is 11.0. The van der Waals surface area contributed by atoms with E-state index in [1.165, 1.54) is 38.5 Å². The third kappa shape index (κ3) is 30.8. The van der Waals surface area contributed by atoms with E-state index in [1.54, 1.807) is 6.92 Å². The topological polar surface area (TPSA) is 384 Å². The minimum atomic E-state index is -5.82. The minimum absolute atomic E-state index is 0. The molecular formula is C39H79NO22P4. The summed E-state index contributed by atoms with van der Waals surface area (Å²) in [5.74, 6) is 26.0. The lowest BCUT2D eigenvalue weighted by molar-refractivity contribution is -0.209. The van der Waals surface area contributed by atoms with Gasteiger partial charge in [-0.25, -0.2) is 23.1 Å². The van der Waals surface area contributed by atoms with Gasteiger partial charge in [-0.3, -0.25) is 27.4 Å². The van der Waals surface area contributed by atoms with E-state index in [0.29, 0.717) is 12.8 Å². The Morgan fingerprint density at radius 1 is 0.545 bits per heavy atom. The molecule has 0 radical (unpaired) electrons. The summed E-state index contributed by atoms with van der Waals surface area (Å²) in [6, 6.07) is 0. The smallest absolute Gasteiger partial charge is 0.456 e. The van der Waals surface area contributed by atoms with Crippen molar-refractivity contribution in [1.29, 1.82) is 0 Å². The van der Waals surface area contributed by atoms with E-state index in [-0.39, 0.29) is 28.3 Å². The van der Waals surface area contributed by atoms with Crippen LogP contribution >= 0.6 is 31.3 Å². The summed E-state index contributed by atoms with van der Waals surface area (Å²) in [5, 5.41) is 21.7. The van der Waals surface area contributed by atoms with Gasteiger partial charge in [-0.2, -0.15) is 0 Å². The number of hydrogen-bond donors (Lipinski definition) is 10. The third-order valence-electron chi connectivity index (χ3n) is 8.48. The molecule has 1 aliphatic carbocycles. The maximum atomic E-state index is 13.2. The van der Waals surface area contributed by atoms with Crippen LogP contribution in [0, 0.1) is 71.0 Å². The van der Waals surface area contributed by atoms with Crippen molar-refractivity contribution in [1.82, 2.24) is 6.15 Å². The molecule has 1 aliphatic rings. The molecule has 12 N–H and O–H groups in total. The van der Waals surface area contributed by atoms with Gasteiger partial charge in [0, 0.05) is 28.0 Å². The molecule has 23 nitrogen and oxygen atoms in total. The van der Waals surface area contributed by atoms with Crippen molar-refractivity contribution in [3.63, 3.8) is 0 Å². The van der Waals surface area contributed by atoms with Crippen LogP contribution in [0.2, 0.25) is 0 Å². The highest BCUT2D eigenvalue weighted by Gasteiger charge is 2.59. The highest BCUT2D eigenvalue weighted by atomic mass is 31.2. The molecule has 27 heteroatoms. The lowest BCUT2D eigenvalue weighted by atomic mass is 9.85. The summed E-state index contributed by atoms with van der Waals surface area (Å²) in [6.07, 6.45) is -4.98. The molecule has 392 valence electrons. The number of ether oxygens (including phenoxy) is 2. The Morgan fingerprint density at radius 2 is 0.939 bits per heavy atom. The van der Waals surface area contributed by atoms with Gasteiger partial charge in [0.2, 0.25) is 0 Å². The number of rotatable bonds is 28. The molecule has 1 saturated carbocycles. The van der Waals surface area contributed by atoms with Gasteiger partial charge < -0.3 is 60.1 Å². The molecular weight excluding hydrogens is 958 g/mol. The number of carbonyl (C=O) groups excluding carboxylic acids is 2. The number of phosphoric acid groups is 4. The predicted octanol–water partition coefficient (Wildman–Crippen LogP) is 5.50. The first-order chi connectivity index (χ1) is 30.5. The van der Waals surface area contributed by atoms with Crippen molar-refractivity contribution < 1.29 is 120 Å². The lowest BCUT2D eigenvalue weighted by Gasteiger charge is -2.45. The molecule has 1 fully saturated rings. The van der Waals surface area contributed by atoms with Crippen molar-refractivity contribution in [3.05, 3.63) is 0 Å². The van der Waals surface area contributed by atoms with E-state index in [4.69, 9.17) is 18.5 Å². The highest BCUT2D eigenvalue weighted by molar-refractivity contribution is 7.47. The average Bonchev–Trinajstić information content (AvgIpc) is 3.20. The number of aliphatic hydroxyl groups excluding tert-OH is 2. The Balaban J connectivity index is -0.000000352. The quantitative estimate of drug-likeness (QED) is 0.0152. The van der Waals surface area contributed by atoms with Crippen LogP contribution in [0.4, 0.5) is 0 Å². The summed E-state index contributed by atoms with van der Waals surface area (Å²) in [5.41, 5.74) is 0. The Morgan fingerprint density at radius 3 is 1.36 bits per heavy atom. The molecule has 8 atom stereocenters. The molecule has 0 spiro atoms. The number of phosphoric ester groups is 4. The second kappa shape index (κ2) is 33.2. The number of unbranched alkanes of at least 4 members (excludes halogenated alkanes) is 12. The van der Waals surface area contributed by atoms with Crippen LogP contribution in [0.25, 0.3) is 0 Å². The summed E-state index contributed by atoms with van der Waals surface area (Å²) in [4.78, 5) is 91.9. The maximum absolute atomic E-state index is 13.2. The van der Waals surface area contributed by atoms with Crippen molar-refractivity contribution in [3.8, 4) is 71.0 Å². The summed E-state index contributed by atoms with van der Waals surface area (Å²) >= 11 is 0. The molecule has 1 rings (SSSR count). The fourth-order valence-electron chi connectivity index (χ4n) is 5.73. The molecule has 4 unspecified atom stereocenters. The van der Waals surface area contributed by atoms with Crippen molar-refractivity contribution in [2.75, 3.05) is 13.2 Å². The monoisotopic (exact) mass is 1040 g/mol. The normalized spacial score (nSPS) is 20.3. The van der Waals surface area contributed by atoms with Crippen LogP contribution < -0.4 is 6.15 Å². The van der Waals surface area contributed by atoms with E-state index in [0.717, 1.165) is 32.1 Å². The molecule has 0 saturated heterocycles. The number of hydrogen-bond acceptors (Lipinski definition) is 16. The van der Waals surface area contributed by atoms with Crippen molar-refractivity contribution in [2.45, 2.75) is 146 Å². The molecule has 0 amide bonds. The minimum Gasteiger partial charge on any atom is -0.456 e. The average molecular weight is 1040 g/mol. The largest absolute Gasteiger partial charge is 0.472 e. The van der Waals surface area contributed by atoms with Gasteiger partial charge in [0.15, 0.2) is 6.10 Å². The van der Waals surface area contributed by atoms with Crippen LogP contribution in [0.5, 0.6) is 0 Å². The Bertz CT molecular complexity index is 2130. The molecule has 0 heterocycles. The van der Waals surface area contributed by atoms with Crippen LogP contribution in [-0.4, -0.2) is 112 Å². The van der Waals surface area contributed by atoms with Gasteiger partial charge >= 0.3 is 43.2 Å². The fourth-order valence-corrected chi connectivity index (χ4v) is 8.38. The lowest BCUT2D eigenvalue weighted by Crippen LogP contribution is -2.65. The summed E-state index contributed by atoms with van der Waals surface area (Å²) < 4.78 is 81.1. The first kappa shape index (κ1) is 62.6. The van der Waals surface area contributed by atoms with Crippen molar-refractivity contribution >= 4 is 43.2 Å². The fraction of sp³-hybridized carbons (Fsp3) is 0.641. The van der Waals surface area contributed by atoms with Gasteiger partial charge in [0.05, 0.1) is 6.61 Å². The standard InChI is InChI=1S/C39H54O22P4.H3N.11H2/c1-3-5-7-9-11-13-15-16-18-20-22-24-26-28-33(41)57-31(29-55-32(40)27-25-23-21-19-17-14-12-10-8-6-4-2)30-56-65(53,54)61-36-34(42)37(58-62(44,45)46)39(60-64(50,51)52)38(35(36)43)59-63(47,48)49;;;;;;;;;;;;/h31,34-39,42-43H,3,5,7,9,11,13,15-16,18,20,22,24,26,28-30H2,1-2H3,(H,53,54)(H2,44,45,46)(H2,47,48,49)(H2,50,51,52);1H3;11*1H/t31-,34+,35?,36?,37+,38-,39?;;;;;;;;;;;;/m1............/s1. The number of carbonyl (C=O) groups is 2. The zero-order valence-corrected chi connectivity index (χ0v) is 39.8. The van der Waals surface area contributed by atoms with Gasteiger partial charge in [-0.05, 0) is 72.5 Å². The van der Waals surface area contributed by atoms with Crippen LogP contribution in [0.3, 0.4) is 0 Å². The molecule has 0 aromatic heterocycles. The predicted molar refractivity (Wildman–Crippen MR) is 255 cm³/mol. The van der Waals surface area contributed by atoms with Gasteiger partial charge in [0.25, 0.3) is 0 Å². The second-order valence-corrected chi connectivity index (χ2v) is 18.8. The molecule has 0 bridgehead atoms. The van der Waals surface area contributed by atoms with E-state index in [9.17, 15) is 72.3 Å². The van der Waals surface area contributed by atoms with E-state index >= 15 is 0 Å². The zero-order valence-electron chi connectivity index (χ0n) is 36.2. The molecule has 66 heavy (non-hydrogen) atoms. The van der Waals surface area contributed by atoms with Crippen LogP contribution in [-0.2, 0) is 59.9 Å². The first-order valence-electron chi connectivity index (χ1n) is 20.0. The SMILES string of the molecule is CC#CC#CC#CC#CC#CC#CC(=O)OC[C@H](COP(=O)(O)OC1C(O)[C@@H](OP(=O)(O)O)C(OP(=O)(O)O)[C@@H](OP(=O)(O)O)[C@H]1O)OC(=O)CCCCCCCCCCCCCCC.N.[HH].[HH].[HH].[HH].[HH].[HH].[HH].[HH].[HH].[HH].[HH]. The van der Waals surface area contributed by atoms with E-state index in [1.807, 2.05) is 5.92 Å². The molecule has 0 aliphatic heterocycles. The number of esters is 2. The summed E-state index contributed by atoms with van der Waals surface area (Å²) in [7, 11) is -23.2. The van der Waals surface area contributed by atoms with E-state index < -0.39 is 99.2 Å². The van der Waals surface area contributed by atoms with Crippen molar-refractivity contribution in [2.24, 2.45) is 0 Å². The molecule has 0 aromatic carbocycles. The van der Waals surface area contributed by atoms with Crippen LogP contribution in [0.1, 0.15) is 119 Å². The maximum Gasteiger partial charge on any atom is 0.472 e. The summed E-state index contributed by atoms with van der Waals surface area (Å²) in [6.45, 7) is 1.80. The van der Waals surface area contributed by atoms with Gasteiger partial charge in [-0.15, -0.1) is 0 Å². The van der Waals surface area contributed by atoms with E-state index in [2.05, 4.69) is 85.6 Å². The number of aliphatic hydroxyl groups is 2. The molecule has 0 aromatic rings. The Labute approximate surface area is 400 Å².